The van der Waals surface area contributed by atoms with Gasteiger partial charge in [-0.15, -0.1) is 0 Å². The van der Waals surface area contributed by atoms with Crippen LogP contribution < -0.4 is 0 Å². The fraction of sp³-hybridized carbons (Fsp3) is 0.583. The van der Waals surface area contributed by atoms with Crippen LogP contribution in [0.4, 0.5) is 0 Å². The van der Waals surface area contributed by atoms with Crippen LogP contribution >= 0.6 is 0 Å². The predicted octanol–water partition coefficient (Wildman–Crippen LogP) is 1.71. The first-order valence-electron chi connectivity index (χ1n) is 5.84. The summed E-state index contributed by atoms with van der Waals surface area (Å²) in [5.74, 6) is -0.322. The molecule has 1 rings (SSSR count). The van der Waals surface area contributed by atoms with Crippen LogP contribution in [-0.4, -0.2) is 34.3 Å². The summed E-state index contributed by atoms with van der Waals surface area (Å²) in [5.41, 5.74) is 0.813. The summed E-state index contributed by atoms with van der Waals surface area (Å²) in [6.45, 7) is 5.15. The lowest BCUT2D eigenvalue weighted by Gasteiger charge is -2.06. The minimum Gasteiger partial charge on any atom is -0.478 e. The number of nitrogens with zero attached hydrogens (tertiary/aromatic N) is 2. The highest BCUT2D eigenvalue weighted by molar-refractivity contribution is 5.88. The third-order valence-electron chi connectivity index (χ3n) is 2.31. The Morgan fingerprint density at radius 3 is 2.76 bits per heavy atom. The summed E-state index contributed by atoms with van der Waals surface area (Å²) in [6, 6.07) is 0. The quantitative estimate of drug-likeness (QED) is 0.732. The second-order valence-electron chi connectivity index (χ2n) is 3.65. The number of rotatable bonds is 7. The van der Waals surface area contributed by atoms with Crippen LogP contribution in [0.25, 0.3) is 0 Å². The van der Waals surface area contributed by atoms with Crippen molar-refractivity contribution in [1.82, 2.24) is 9.97 Å². The van der Waals surface area contributed by atoms with Crippen molar-refractivity contribution in [1.29, 1.82) is 0 Å². The third-order valence-corrected chi connectivity index (χ3v) is 2.31. The van der Waals surface area contributed by atoms with Crippen LogP contribution in [0, 0.1) is 0 Å². The van der Waals surface area contributed by atoms with Gasteiger partial charge in [-0.1, -0.05) is 13.3 Å². The van der Waals surface area contributed by atoms with Gasteiger partial charge in [0.1, 0.15) is 5.82 Å². The zero-order valence-corrected chi connectivity index (χ0v) is 10.3. The molecule has 0 atom stereocenters. The van der Waals surface area contributed by atoms with E-state index in [-0.39, 0.29) is 5.56 Å². The van der Waals surface area contributed by atoms with Gasteiger partial charge in [0.15, 0.2) is 0 Å². The second kappa shape index (κ2) is 6.96. The van der Waals surface area contributed by atoms with Gasteiger partial charge in [0, 0.05) is 19.2 Å². The van der Waals surface area contributed by atoms with Gasteiger partial charge < -0.3 is 9.84 Å². The largest absolute Gasteiger partial charge is 0.478 e. The van der Waals surface area contributed by atoms with E-state index in [1.54, 1.807) is 0 Å². The molecule has 0 saturated carbocycles. The minimum atomic E-state index is -0.968. The Hall–Kier alpha value is -1.49. The molecule has 0 spiro atoms. The normalized spacial score (nSPS) is 10.5. The topological polar surface area (TPSA) is 72.3 Å². The number of aryl methyl sites for hydroxylation is 1. The number of hydrogen-bond acceptors (Lipinski definition) is 4. The summed E-state index contributed by atoms with van der Waals surface area (Å²) in [7, 11) is 0. The number of aromatic carboxylic acids is 1. The molecule has 0 amide bonds. The molecule has 1 aromatic rings. The maximum Gasteiger partial charge on any atom is 0.339 e. The SMILES string of the molecule is CCCc1nc(CCOCC)ncc1C(=O)O. The van der Waals surface area contributed by atoms with Crippen LogP contribution in [0.2, 0.25) is 0 Å². The average Bonchev–Trinajstić information content (AvgIpc) is 2.30. The van der Waals surface area contributed by atoms with Crippen LogP contribution in [0.5, 0.6) is 0 Å². The Morgan fingerprint density at radius 1 is 1.41 bits per heavy atom. The van der Waals surface area contributed by atoms with E-state index < -0.39 is 5.97 Å². The molecule has 5 nitrogen and oxygen atoms in total. The number of aromatic nitrogens is 2. The molecule has 0 aromatic carbocycles. The molecule has 0 aliphatic carbocycles. The standard InChI is InChI=1S/C12H18N2O3/c1-3-5-10-9(12(15)16)8-13-11(14-10)6-7-17-4-2/h8H,3-7H2,1-2H3,(H,15,16). The molecule has 1 N–H and O–H groups in total. The molecular formula is C12H18N2O3. The van der Waals surface area contributed by atoms with E-state index >= 15 is 0 Å². The summed E-state index contributed by atoms with van der Waals surface area (Å²) in [4.78, 5) is 19.3. The van der Waals surface area contributed by atoms with Crippen molar-refractivity contribution < 1.29 is 14.6 Å². The first-order valence-corrected chi connectivity index (χ1v) is 5.84. The summed E-state index contributed by atoms with van der Waals surface area (Å²) >= 11 is 0. The van der Waals surface area contributed by atoms with Gasteiger partial charge in [-0.3, -0.25) is 0 Å². The third kappa shape index (κ3) is 4.11. The smallest absolute Gasteiger partial charge is 0.339 e. The summed E-state index contributed by atoms with van der Waals surface area (Å²) in [6.07, 6.45) is 3.53. The average molecular weight is 238 g/mol. The van der Waals surface area contributed by atoms with Gasteiger partial charge in [-0.05, 0) is 13.3 Å². The van der Waals surface area contributed by atoms with E-state index in [4.69, 9.17) is 9.84 Å². The van der Waals surface area contributed by atoms with Gasteiger partial charge >= 0.3 is 5.97 Å². The lowest BCUT2D eigenvalue weighted by Crippen LogP contribution is -2.10. The molecular weight excluding hydrogens is 220 g/mol. The van der Waals surface area contributed by atoms with Crippen molar-refractivity contribution in [3.8, 4) is 0 Å². The summed E-state index contributed by atoms with van der Waals surface area (Å²) < 4.78 is 5.22. The fourth-order valence-electron chi connectivity index (χ4n) is 1.49. The number of carbonyl (C=O) groups is 1. The van der Waals surface area contributed by atoms with Gasteiger partial charge in [0.05, 0.1) is 17.9 Å². The highest BCUT2D eigenvalue weighted by Gasteiger charge is 2.12. The van der Waals surface area contributed by atoms with Crippen LogP contribution in [0.1, 0.15) is 42.1 Å². The van der Waals surface area contributed by atoms with Gasteiger partial charge in [0.2, 0.25) is 0 Å². The van der Waals surface area contributed by atoms with Crippen molar-refractivity contribution in [2.24, 2.45) is 0 Å². The fourth-order valence-corrected chi connectivity index (χ4v) is 1.49. The second-order valence-corrected chi connectivity index (χ2v) is 3.65. The highest BCUT2D eigenvalue weighted by atomic mass is 16.5. The molecule has 0 radical (unpaired) electrons. The lowest BCUT2D eigenvalue weighted by molar-refractivity contribution is 0.0694. The molecule has 17 heavy (non-hydrogen) atoms. The molecule has 94 valence electrons. The number of hydrogen-bond donors (Lipinski definition) is 1. The Bertz CT molecular complexity index is 380. The van der Waals surface area contributed by atoms with Crippen LogP contribution in [-0.2, 0) is 17.6 Å². The first-order chi connectivity index (χ1) is 8.19. The maximum absolute atomic E-state index is 11.0. The molecule has 0 fully saturated rings. The Labute approximate surface area is 101 Å². The Balaban J connectivity index is 2.81. The van der Waals surface area contributed by atoms with E-state index in [2.05, 4.69) is 9.97 Å². The van der Waals surface area contributed by atoms with Gasteiger partial charge in [-0.25, -0.2) is 14.8 Å². The van der Waals surface area contributed by atoms with E-state index in [1.165, 1.54) is 6.20 Å². The zero-order chi connectivity index (χ0) is 12.7. The molecule has 1 aromatic heterocycles. The molecule has 0 bridgehead atoms. The molecule has 5 heteroatoms. The maximum atomic E-state index is 11.0. The molecule has 0 unspecified atom stereocenters. The van der Waals surface area contributed by atoms with Crippen molar-refractivity contribution in [3.05, 3.63) is 23.3 Å². The Kier molecular flexibility index (Phi) is 5.56. The molecule has 1 heterocycles. The van der Waals surface area contributed by atoms with Crippen molar-refractivity contribution >= 4 is 5.97 Å². The van der Waals surface area contributed by atoms with E-state index in [0.717, 1.165) is 6.42 Å². The lowest BCUT2D eigenvalue weighted by atomic mass is 10.1. The molecule has 0 aliphatic rings. The van der Waals surface area contributed by atoms with E-state index in [1.807, 2.05) is 13.8 Å². The monoisotopic (exact) mass is 238 g/mol. The number of ether oxygens (including phenoxy) is 1. The highest BCUT2D eigenvalue weighted by Crippen LogP contribution is 2.08. The number of carboxylic acids is 1. The van der Waals surface area contributed by atoms with E-state index in [9.17, 15) is 4.79 Å². The summed E-state index contributed by atoms with van der Waals surface area (Å²) in [5, 5.41) is 8.99. The van der Waals surface area contributed by atoms with Crippen molar-refractivity contribution in [3.63, 3.8) is 0 Å². The van der Waals surface area contributed by atoms with Gasteiger partial charge in [0.25, 0.3) is 0 Å². The molecule has 0 aliphatic heterocycles. The van der Waals surface area contributed by atoms with Gasteiger partial charge in [-0.2, -0.15) is 0 Å². The zero-order valence-electron chi connectivity index (χ0n) is 10.3. The van der Waals surface area contributed by atoms with Crippen molar-refractivity contribution in [2.45, 2.75) is 33.1 Å². The minimum absolute atomic E-state index is 0.201. The number of carboxylic acid groups (broad SMARTS) is 1. The van der Waals surface area contributed by atoms with Crippen molar-refractivity contribution in [2.75, 3.05) is 13.2 Å². The first kappa shape index (κ1) is 13.6. The predicted molar refractivity (Wildman–Crippen MR) is 63.2 cm³/mol. The van der Waals surface area contributed by atoms with Crippen LogP contribution in [0.15, 0.2) is 6.20 Å². The Morgan fingerprint density at radius 2 is 2.18 bits per heavy atom. The van der Waals surface area contributed by atoms with E-state index in [0.29, 0.717) is 37.6 Å². The van der Waals surface area contributed by atoms with Crippen LogP contribution in [0.3, 0.4) is 0 Å². The molecule has 0 saturated heterocycles.